The lowest BCUT2D eigenvalue weighted by Gasteiger charge is -2.02. The van der Waals surface area contributed by atoms with Crippen LogP contribution in [-0.4, -0.2) is 24.6 Å². The fraction of sp³-hybridized carbons (Fsp3) is 0.133. The van der Waals surface area contributed by atoms with E-state index in [4.69, 9.17) is 0 Å². The van der Waals surface area contributed by atoms with Crippen molar-refractivity contribution in [3.63, 3.8) is 0 Å². The molecule has 0 saturated heterocycles. The zero-order valence-electron chi connectivity index (χ0n) is 11.5. The van der Waals surface area contributed by atoms with E-state index >= 15 is 0 Å². The molecule has 3 rings (SSSR count). The largest absolute Gasteiger partial charge is 0.378 e. The van der Waals surface area contributed by atoms with Gasteiger partial charge in [0.05, 0.1) is 17.0 Å². The SMILES string of the molecule is CS(=O)(=O)c1cccc2[nH]c(CNc3ccccc3)nc12. The first kappa shape index (κ1) is 13.6. The summed E-state index contributed by atoms with van der Waals surface area (Å²) >= 11 is 0. The maximum atomic E-state index is 11.8. The Morgan fingerprint density at radius 3 is 2.57 bits per heavy atom. The summed E-state index contributed by atoms with van der Waals surface area (Å²) in [6, 6.07) is 14.9. The number of hydrogen-bond acceptors (Lipinski definition) is 4. The number of para-hydroxylation sites is 2. The Hall–Kier alpha value is -2.34. The maximum Gasteiger partial charge on any atom is 0.177 e. The number of H-pyrrole nitrogens is 1. The highest BCUT2D eigenvalue weighted by Gasteiger charge is 2.14. The highest BCUT2D eigenvalue weighted by atomic mass is 32.2. The lowest BCUT2D eigenvalue weighted by Crippen LogP contribution is -2.01. The number of fused-ring (bicyclic) bond motifs is 1. The van der Waals surface area contributed by atoms with Gasteiger partial charge in [-0.25, -0.2) is 13.4 Å². The molecule has 1 aromatic heterocycles. The van der Waals surface area contributed by atoms with E-state index in [0.717, 1.165) is 11.2 Å². The minimum atomic E-state index is -3.29. The van der Waals surface area contributed by atoms with E-state index in [0.29, 0.717) is 17.9 Å². The predicted molar refractivity (Wildman–Crippen MR) is 83.0 cm³/mol. The van der Waals surface area contributed by atoms with Crippen LogP contribution in [0, 0.1) is 0 Å². The fourth-order valence-corrected chi connectivity index (χ4v) is 3.01. The molecule has 0 aliphatic carbocycles. The van der Waals surface area contributed by atoms with Crippen molar-refractivity contribution >= 4 is 26.6 Å². The number of nitrogens with zero attached hydrogens (tertiary/aromatic N) is 1. The van der Waals surface area contributed by atoms with E-state index < -0.39 is 9.84 Å². The van der Waals surface area contributed by atoms with Crippen LogP contribution in [0.2, 0.25) is 0 Å². The van der Waals surface area contributed by atoms with Gasteiger partial charge >= 0.3 is 0 Å². The molecule has 0 atom stereocenters. The van der Waals surface area contributed by atoms with Crippen LogP contribution in [0.5, 0.6) is 0 Å². The lowest BCUT2D eigenvalue weighted by atomic mass is 10.3. The molecule has 0 bridgehead atoms. The van der Waals surface area contributed by atoms with Crippen molar-refractivity contribution in [2.75, 3.05) is 11.6 Å². The van der Waals surface area contributed by atoms with Crippen LogP contribution >= 0.6 is 0 Å². The first-order chi connectivity index (χ1) is 10.0. The molecule has 0 saturated carbocycles. The molecular formula is C15H15N3O2S. The number of rotatable bonds is 4. The Bertz CT molecular complexity index is 870. The van der Waals surface area contributed by atoms with Gasteiger partial charge in [0, 0.05) is 11.9 Å². The minimum absolute atomic E-state index is 0.252. The number of nitrogens with one attached hydrogen (secondary N) is 2. The second-order valence-electron chi connectivity index (χ2n) is 4.83. The Balaban J connectivity index is 1.91. The summed E-state index contributed by atoms with van der Waals surface area (Å²) < 4.78 is 23.5. The number of aromatic amines is 1. The molecule has 0 fully saturated rings. The Labute approximate surface area is 123 Å². The molecule has 108 valence electrons. The second kappa shape index (κ2) is 5.21. The third-order valence-electron chi connectivity index (χ3n) is 3.16. The molecule has 0 aliphatic rings. The van der Waals surface area contributed by atoms with Crippen LogP contribution in [0.25, 0.3) is 11.0 Å². The number of imidazole rings is 1. The predicted octanol–water partition coefficient (Wildman–Crippen LogP) is 2.58. The lowest BCUT2D eigenvalue weighted by molar-refractivity contribution is 0.602. The molecule has 0 unspecified atom stereocenters. The topological polar surface area (TPSA) is 74.8 Å². The molecule has 3 aromatic rings. The summed E-state index contributed by atoms with van der Waals surface area (Å²) in [6.45, 7) is 0.502. The highest BCUT2D eigenvalue weighted by Crippen LogP contribution is 2.21. The number of aromatic nitrogens is 2. The van der Waals surface area contributed by atoms with E-state index in [1.54, 1.807) is 12.1 Å². The first-order valence-electron chi connectivity index (χ1n) is 6.50. The van der Waals surface area contributed by atoms with Crippen LogP contribution < -0.4 is 5.32 Å². The summed E-state index contributed by atoms with van der Waals surface area (Å²) in [5, 5.41) is 3.24. The van der Waals surface area contributed by atoms with Gasteiger partial charge in [-0.2, -0.15) is 0 Å². The average Bonchev–Trinajstić information content (AvgIpc) is 2.87. The number of hydrogen-bond donors (Lipinski definition) is 2. The molecule has 0 spiro atoms. The molecule has 6 heteroatoms. The van der Waals surface area contributed by atoms with E-state index in [-0.39, 0.29) is 4.90 Å². The minimum Gasteiger partial charge on any atom is -0.378 e. The first-order valence-corrected chi connectivity index (χ1v) is 8.40. The van der Waals surface area contributed by atoms with Gasteiger partial charge in [0.25, 0.3) is 0 Å². The number of anilines is 1. The Kier molecular flexibility index (Phi) is 3.39. The van der Waals surface area contributed by atoms with Crippen LogP contribution in [0.4, 0.5) is 5.69 Å². The zero-order chi connectivity index (χ0) is 14.9. The van der Waals surface area contributed by atoms with E-state index in [1.165, 1.54) is 6.26 Å². The molecule has 1 heterocycles. The van der Waals surface area contributed by atoms with Gasteiger partial charge in [-0.1, -0.05) is 24.3 Å². The van der Waals surface area contributed by atoms with Crippen molar-refractivity contribution < 1.29 is 8.42 Å². The van der Waals surface area contributed by atoms with Crippen LogP contribution in [0.3, 0.4) is 0 Å². The van der Waals surface area contributed by atoms with Crippen LogP contribution in [0.15, 0.2) is 53.4 Å². The maximum absolute atomic E-state index is 11.8. The summed E-state index contributed by atoms with van der Waals surface area (Å²) in [6.07, 6.45) is 1.19. The Morgan fingerprint density at radius 1 is 1.10 bits per heavy atom. The normalized spacial score (nSPS) is 11.7. The third-order valence-corrected chi connectivity index (χ3v) is 4.29. The van der Waals surface area contributed by atoms with Gasteiger partial charge in [0.15, 0.2) is 9.84 Å². The molecule has 2 aromatic carbocycles. The van der Waals surface area contributed by atoms with Crippen molar-refractivity contribution in [1.29, 1.82) is 0 Å². The molecule has 5 nitrogen and oxygen atoms in total. The molecule has 0 radical (unpaired) electrons. The molecule has 2 N–H and O–H groups in total. The van der Waals surface area contributed by atoms with Crippen LogP contribution in [0.1, 0.15) is 5.82 Å². The molecular weight excluding hydrogens is 286 g/mol. The van der Waals surface area contributed by atoms with Gasteiger partial charge in [-0.15, -0.1) is 0 Å². The average molecular weight is 301 g/mol. The van der Waals surface area contributed by atoms with Crippen molar-refractivity contribution in [2.24, 2.45) is 0 Å². The van der Waals surface area contributed by atoms with Gasteiger partial charge in [0.2, 0.25) is 0 Å². The molecule has 21 heavy (non-hydrogen) atoms. The summed E-state index contributed by atoms with van der Waals surface area (Å²) in [5.41, 5.74) is 2.20. The summed E-state index contributed by atoms with van der Waals surface area (Å²) in [7, 11) is -3.29. The third kappa shape index (κ3) is 2.90. The fourth-order valence-electron chi connectivity index (χ4n) is 2.18. The molecule has 0 aliphatic heterocycles. The monoisotopic (exact) mass is 301 g/mol. The summed E-state index contributed by atoms with van der Waals surface area (Å²) in [5.74, 6) is 0.699. The van der Waals surface area contributed by atoms with Gasteiger partial charge in [-0.05, 0) is 24.3 Å². The quantitative estimate of drug-likeness (QED) is 0.776. The highest BCUT2D eigenvalue weighted by molar-refractivity contribution is 7.91. The molecule has 0 amide bonds. The number of benzene rings is 2. The second-order valence-corrected chi connectivity index (χ2v) is 6.81. The van der Waals surface area contributed by atoms with Crippen molar-refractivity contribution in [3.8, 4) is 0 Å². The zero-order valence-corrected chi connectivity index (χ0v) is 12.3. The van der Waals surface area contributed by atoms with Crippen molar-refractivity contribution in [3.05, 3.63) is 54.4 Å². The van der Waals surface area contributed by atoms with E-state index in [1.807, 2.05) is 36.4 Å². The van der Waals surface area contributed by atoms with Crippen molar-refractivity contribution in [1.82, 2.24) is 9.97 Å². The van der Waals surface area contributed by atoms with Gasteiger partial charge in [0.1, 0.15) is 11.3 Å². The van der Waals surface area contributed by atoms with Crippen LogP contribution in [-0.2, 0) is 16.4 Å². The Morgan fingerprint density at radius 2 is 1.86 bits per heavy atom. The number of sulfone groups is 1. The van der Waals surface area contributed by atoms with Gasteiger partial charge in [-0.3, -0.25) is 0 Å². The summed E-state index contributed by atoms with van der Waals surface area (Å²) in [4.78, 5) is 7.79. The van der Waals surface area contributed by atoms with Crippen molar-refractivity contribution in [2.45, 2.75) is 11.4 Å². The van der Waals surface area contributed by atoms with E-state index in [9.17, 15) is 8.42 Å². The smallest absolute Gasteiger partial charge is 0.177 e. The standard InChI is InChI=1S/C15H15N3O2S/c1-21(19,20)13-9-5-8-12-15(13)18-14(17-12)10-16-11-6-3-2-4-7-11/h2-9,16H,10H2,1H3,(H,17,18). The van der Waals surface area contributed by atoms with E-state index in [2.05, 4.69) is 15.3 Å². The van der Waals surface area contributed by atoms with Gasteiger partial charge < -0.3 is 10.3 Å².